The Morgan fingerprint density at radius 3 is 2.53 bits per heavy atom. The van der Waals surface area contributed by atoms with Crippen LogP contribution in [-0.4, -0.2) is 9.97 Å². The summed E-state index contributed by atoms with van der Waals surface area (Å²) in [5, 5.41) is 0. The fourth-order valence-corrected chi connectivity index (χ4v) is 1.84. The number of nitrogens with two attached hydrogens (primary N) is 1. The van der Waals surface area contributed by atoms with Crippen LogP contribution in [0.2, 0.25) is 0 Å². The molecule has 2 aromatic heterocycles. The molecule has 0 fully saturated rings. The van der Waals surface area contributed by atoms with E-state index in [1.807, 2.05) is 38.4 Å². The highest BCUT2D eigenvalue weighted by Crippen LogP contribution is 2.23. The molecular weight excluding hydrogens is 210 g/mol. The van der Waals surface area contributed by atoms with E-state index in [1.54, 1.807) is 0 Å². The number of aromatic nitrogens is 2. The molecule has 1 atom stereocenters. The van der Waals surface area contributed by atoms with Gasteiger partial charge in [-0.05, 0) is 44.0 Å². The van der Waals surface area contributed by atoms with Gasteiger partial charge >= 0.3 is 0 Å². The Hall–Kier alpha value is -1.74. The summed E-state index contributed by atoms with van der Waals surface area (Å²) in [6.07, 6.45) is 3.66. The van der Waals surface area contributed by atoms with Gasteiger partial charge in [0.2, 0.25) is 0 Å². The minimum absolute atomic E-state index is 0.0226. The van der Waals surface area contributed by atoms with Crippen LogP contribution in [0.25, 0.3) is 11.3 Å². The maximum Gasteiger partial charge on any atom is 0.0732 e. The van der Waals surface area contributed by atoms with Crippen molar-refractivity contribution < 1.29 is 0 Å². The molecule has 0 saturated carbocycles. The SMILES string of the molecule is Cc1cc(-c2ncc(C(C)N)cc2C)ccn1. The van der Waals surface area contributed by atoms with E-state index >= 15 is 0 Å². The van der Waals surface area contributed by atoms with Crippen molar-refractivity contribution in [3.05, 3.63) is 47.4 Å². The first-order valence-corrected chi connectivity index (χ1v) is 5.73. The monoisotopic (exact) mass is 227 g/mol. The third-order valence-electron chi connectivity index (χ3n) is 2.80. The zero-order valence-electron chi connectivity index (χ0n) is 10.4. The van der Waals surface area contributed by atoms with Crippen molar-refractivity contribution >= 4 is 0 Å². The smallest absolute Gasteiger partial charge is 0.0732 e. The third kappa shape index (κ3) is 2.50. The highest BCUT2D eigenvalue weighted by atomic mass is 14.7. The standard InChI is InChI=1S/C14H17N3/c1-9-6-13(11(3)15)8-17-14(9)12-4-5-16-10(2)7-12/h4-8,11H,15H2,1-3H3. The van der Waals surface area contributed by atoms with E-state index in [-0.39, 0.29) is 6.04 Å². The first-order chi connectivity index (χ1) is 8.08. The lowest BCUT2D eigenvalue weighted by atomic mass is 10.0. The molecule has 1 unspecified atom stereocenters. The van der Waals surface area contributed by atoms with Gasteiger partial charge in [0, 0.05) is 29.7 Å². The summed E-state index contributed by atoms with van der Waals surface area (Å²) in [5.74, 6) is 0. The highest BCUT2D eigenvalue weighted by molar-refractivity contribution is 5.63. The zero-order valence-corrected chi connectivity index (χ0v) is 10.4. The first kappa shape index (κ1) is 11.7. The predicted molar refractivity (Wildman–Crippen MR) is 69.5 cm³/mol. The van der Waals surface area contributed by atoms with E-state index in [0.717, 1.165) is 28.1 Å². The summed E-state index contributed by atoms with van der Waals surface area (Å²) in [4.78, 5) is 8.70. The van der Waals surface area contributed by atoms with Gasteiger partial charge in [0.1, 0.15) is 0 Å². The number of nitrogens with zero attached hydrogens (tertiary/aromatic N) is 2. The van der Waals surface area contributed by atoms with Crippen molar-refractivity contribution in [1.29, 1.82) is 0 Å². The van der Waals surface area contributed by atoms with Crippen molar-refractivity contribution in [3.63, 3.8) is 0 Å². The van der Waals surface area contributed by atoms with Crippen LogP contribution >= 0.6 is 0 Å². The third-order valence-corrected chi connectivity index (χ3v) is 2.80. The van der Waals surface area contributed by atoms with E-state index in [2.05, 4.69) is 23.0 Å². The van der Waals surface area contributed by atoms with Gasteiger partial charge in [0.25, 0.3) is 0 Å². The Kier molecular flexibility index (Phi) is 3.20. The van der Waals surface area contributed by atoms with E-state index in [4.69, 9.17) is 5.73 Å². The topological polar surface area (TPSA) is 51.8 Å². The lowest BCUT2D eigenvalue weighted by Gasteiger charge is -2.10. The molecule has 3 heteroatoms. The van der Waals surface area contributed by atoms with Crippen LogP contribution in [0.4, 0.5) is 0 Å². The Morgan fingerprint density at radius 1 is 1.18 bits per heavy atom. The van der Waals surface area contributed by atoms with Gasteiger partial charge in [0.05, 0.1) is 5.69 Å². The van der Waals surface area contributed by atoms with Crippen LogP contribution in [0.15, 0.2) is 30.6 Å². The number of hydrogen-bond acceptors (Lipinski definition) is 3. The number of pyridine rings is 2. The Morgan fingerprint density at radius 2 is 1.94 bits per heavy atom. The van der Waals surface area contributed by atoms with Gasteiger partial charge in [-0.2, -0.15) is 0 Å². The highest BCUT2D eigenvalue weighted by Gasteiger charge is 2.07. The van der Waals surface area contributed by atoms with Gasteiger partial charge in [0.15, 0.2) is 0 Å². The molecule has 17 heavy (non-hydrogen) atoms. The van der Waals surface area contributed by atoms with Crippen molar-refractivity contribution in [1.82, 2.24) is 9.97 Å². The molecule has 0 amide bonds. The zero-order chi connectivity index (χ0) is 12.4. The number of aryl methyl sites for hydroxylation is 2. The number of rotatable bonds is 2. The van der Waals surface area contributed by atoms with E-state index < -0.39 is 0 Å². The Balaban J connectivity index is 2.47. The fraction of sp³-hybridized carbons (Fsp3) is 0.286. The summed E-state index contributed by atoms with van der Waals surface area (Å²) < 4.78 is 0. The van der Waals surface area contributed by atoms with Gasteiger partial charge < -0.3 is 5.73 Å². The van der Waals surface area contributed by atoms with Crippen LogP contribution in [0, 0.1) is 13.8 Å². The van der Waals surface area contributed by atoms with Gasteiger partial charge in [-0.15, -0.1) is 0 Å². The molecule has 3 nitrogen and oxygen atoms in total. The van der Waals surface area contributed by atoms with Crippen LogP contribution in [0.3, 0.4) is 0 Å². The second kappa shape index (κ2) is 4.63. The average Bonchev–Trinajstić information content (AvgIpc) is 2.28. The van der Waals surface area contributed by atoms with E-state index in [9.17, 15) is 0 Å². The molecule has 2 N–H and O–H groups in total. The summed E-state index contributed by atoms with van der Waals surface area (Å²) in [5.41, 5.74) is 11.2. The van der Waals surface area contributed by atoms with Crippen molar-refractivity contribution in [2.75, 3.05) is 0 Å². The second-order valence-corrected chi connectivity index (χ2v) is 4.41. The predicted octanol–water partition coefficient (Wildman–Crippen LogP) is 2.78. The minimum atomic E-state index is 0.0226. The molecule has 0 aliphatic heterocycles. The summed E-state index contributed by atoms with van der Waals surface area (Å²) >= 11 is 0. The summed E-state index contributed by atoms with van der Waals surface area (Å²) in [6.45, 7) is 6.01. The summed E-state index contributed by atoms with van der Waals surface area (Å²) in [7, 11) is 0. The second-order valence-electron chi connectivity index (χ2n) is 4.41. The Labute approximate surface area is 102 Å². The quantitative estimate of drug-likeness (QED) is 0.858. The van der Waals surface area contributed by atoms with Gasteiger partial charge in [-0.1, -0.05) is 6.07 Å². The maximum atomic E-state index is 5.85. The lowest BCUT2D eigenvalue weighted by Crippen LogP contribution is -2.06. The molecule has 0 aromatic carbocycles. The van der Waals surface area contributed by atoms with Gasteiger partial charge in [-0.25, -0.2) is 0 Å². The minimum Gasteiger partial charge on any atom is -0.324 e. The van der Waals surface area contributed by atoms with E-state index in [1.165, 1.54) is 0 Å². The molecule has 0 spiro atoms. The molecule has 2 rings (SSSR count). The molecule has 0 radical (unpaired) electrons. The van der Waals surface area contributed by atoms with Crippen molar-refractivity contribution in [2.24, 2.45) is 5.73 Å². The van der Waals surface area contributed by atoms with Crippen molar-refractivity contribution in [2.45, 2.75) is 26.8 Å². The maximum absolute atomic E-state index is 5.85. The van der Waals surface area contributed by atoms with Gasteiger partial charge in [-0.3, -0.25) is 9.97 Å². The fourth-order valence-electron chi connectivity index (χ4n) is 1.84. The Bertz CT molecular complexity index is 533. The van der Waals surface area contributed by atoms with Crippen LogP contribution in [-0.2, 0) is 0 Å². The molecule has 0 bridgehead atoms. The van der Waals surface area contributed by atoms with Crippen LogP contribution < -0.4 is 5.73 Å². The normalized spacial score (nSPS) is 12.5. The summed E-state index contributed by atoms with van der Waals surface area (Å²) in [6, 6.07) is 6.15. The molecule has 0 aliphatic carbocycles. The lowest BCUT2D eigenvalue weighted by molar-refractivity contribution is 0.810. The molecule has 0 saturated heterocycles. The molecule has 2 heterocycles. The molecular formula is C14H17N3. The molecule has 2 aromatic rings. The average molecular weight is 227 g/mol. The molecule has 0 aliphatic rings. The first-order valence-electron chi connectivity index (χ1n) is 5.73. The van der Waals surface area contributed by atoms with Crippen LogP contribution in [0.1, 0.15) is 29.8 Å². The van der Waals surface area contributed by atoms with Crippen LogP contribution in [0.5, 0.6) is 0 Å². The number of hydrogen-bond donors (Lipinski definition) is 1. The molecule has 88 valence electrons. The van der Waals surface area contributed by atoms with Crippen molar-refractivity contribution in [3.8, 4) is 11.3 Å². The largest absolute Gasteiger partial charge is 0.324 e. The van der Waals surface area contributed by atoms with E-state index in [0.29, 0.717) is 0 Å².